The van der Waals surface area contributed by atoms with E-state index in [1.165, 1.54) is 21.3 Å². The van der Waals surface area contributed by atoms with Crippen LogP contribution in [0, 0.1) is 0 Å². The lowest BCUT2D eigenvalue weighted by molar-refractivity contribution is -0.162. The third kappa shape index (κ3) is 9.10. The molecule has 1 heterocycles. The van der Waals surface area contributed by atoms with Crippen molar-refractivity contribution >= 4 is 17.8 Å². The fraction of sp³-hybridized carbons (Fsp3) is 0.447. The molecule has 4 rings (SSSR count). The van der Waals surface area contributed by atoms with Gasteiger partial charge in [-0.3, -0.25) is 4.79 Å². The molecule has 3 atom stereocenters. The Hall–Kier alpha value is -5.13. The minimum atomic E-state index is -1.11. The number of benzene rings is 3. The molecular weight excluding hydrogens is 646 g/mol. The minimum Gasteiger partial charge on any atom is -0.493 e. The van der Waals surface area contributed by atoms with Gasteiger partial charge in [0.1, 0.15) is 17.9 Å². The van der Waals surface area contributed by atoms with Crippen LogP contribution in [0.15, 0.2) is 54.6 Å². The molecule has 3 aromatic carbocycles. The van der Waals surface area contributed by atoms with Crippen molar-refractivity contribution < 1.29 is 52.6 Å². The van der Waals surface area contributed by atoms with Crippen LogP contribution in [0.4, 0.5) is 0 Å². The first kappa shape index (κ1) is 37.7. The molecule has 1 saturated heterocycles. The van der Waals surface area contributed by atoms with Crippen LogP contribution >= 0.6 is 0 Å². The second-order valence-electron chi connectivity index (χ2n) is 11.9. The zero-order valence-electron chi connectivity index (χ0n) is 29.6. The summed E-state index contributed by atoms with van der Waals surface area (Å²) in [5.74, 6) is 0.454. The molecule has 50 heavy (non-hydrogen) atoms. The van der Waals surface area contributed by atoms with E-state index in [-0.39, 0.29) is 5.91 Å². The largest absolute Gasteiger partial charge is 0.493 e. The van der Waals surface area contributed by atoms with Gasteiger partial charge in [-0.25, -0.2) is 9.59 Å². The number of hydrogen-bond donors (Lipinski definition) is 1. The third-order valence-electron chi connectivity index (χ3n) is 8.85. The molecule has 1 aliphatic heterocycles. The summed E-state index contributed by atoms with van der Waals surface area (Å²) < 4.78 is 39.1. The lowest BCUT2D eigenvalue weighted by Gasteiger charge is -2.37. The van der Waals surface area contributed by atoms with Crippen molar-refractivity contribution in [2.45, 2.75) is 63.5 Å². The quantitative estimate of drug-likeness (QED) is 0.167. The fourth-order valence-corrected chi connectivity index (χ4v) is 6.29. The summed E-state index contributed by atoms with van der Waals surface area (Å²) in [6, 6.07) is 15.2. The number of likely N-dealkylation sites (tertiary alicyclic amines) is 1. The number of carbonyl (C=O) groups is 3. The van der Waals surface area contributed by atoms with E-state index in [0.717, 1.165) is 18.4 Å². The number of hydrogen-bond acceptors (Lipinski definition) is 10. The molecule has 0 bridgehead atoms. The normalized spacial score (nSPS) is 15.3. The number of piperidine rings is 1. The summed E-state index contributed by atoms with van der Waals surface area (Å²) in [4.78, 5) is 41.2. The Morgan fingerprint density at radius 3 is 2.14 bits per heavy atom. The molecule has 0 radical (unpaired) electrons. The highest BCUT2D eigenvalue weighted by Crippen LogP contribution is 2.41. The lowest BCUT2D eigenvalue weighted by Crippen LogP contribution is -2.50. The van der Waals surface area contributed by atoms with Crippen molar-refractivity contribution in [2.75, 3.05) is 48.7 Å². The number of carbonyl (C=O) groups excluding carboxylic acids is 2. The molecule has 270 valence electrons. The van der Waals surface area contributed by atoms with E-state index < -0.39 is 36.6 Å². The SMILES string of the molecule is CCC(C(=O)N1CCCCC1C(=O)OC(CCc1ccc(OC)c(OC)c1)c1cccc(OCC(=O)O)c1)c1cc(OC)c(OC)c(OC)c1. The Bertz CT molecular complexity index is 1600. The zero-order valence-corrected chi connectivity index (χ0v) is 29.6. The van der Waals surface area contributed by atoms with Crippen molar-refractivity contribution in [1.29, 1.82) is 0 Å². The molecule has 0 spiro atoms. The Morgan fingerprint density at radius 2 is 1.52 bits per heavy atom. The highest BCUT2D eigenvalue weighted by Gasteiger charge is 2.38. The maximum absolute atomic E-state index is 14.3. The van der Waals surface area contributed by atoms with Crippen molar-refractivity contribution in [3.63, 3.8) is 0 Å². The summed E-state index contributed by atoms with van der Waals surface area (Å²) in [6.07, 6.45) is 2.65. The van der Waals surface area contributed by atoms with Gasteiger partial charge in [0, 0.05) is 6.54 Å². The van der Waals surface area contributed by atoms with Gasteiger partial charge in [-0.1, -0.05) is 25.1 Å². The predicted octanol–water partition coefficient (Wildman–Crippen LogP) is 5.99. The van der Waals surface area contributed by atoms with Crippen LogP contribution in [-0.2, 0) is 25.5 Å². The fourth-order valence-electron chi connectivity index (χ4n) is 6.29. The Kier molecular flexibility index (Phi) is 13.6. The molecule has 3 unspecified atom stereocenters. The number of carboxylic acid groups (broad SMARTS) is 1. The molecule has 1 amide bonds. The molecule has 12 heteroatoms. The minimum absolute atomic E-state index is 0.186. The van der Waals surface area contributed by atoms with Crippen LogP contribution in [0.5, 0.6) is 34.5 Å². The van der Waals surface area contributed by atoms with Gasteiger partial charge in [-0.15, -0.1) is 0 Å². The Labute approximate surface area is 293 Å². The molecule has 1 fully saturated rings. The van der Waals surface area contributed by atoms with E-state index in [1.54, 1.807) is 49.5 Å². The first-order valence-corrected chi connectivity index (χ1v) is 16.6. The molecule has 1 N–H and O–H groups in total. The molecule has 0 aromatic heterocycles. The number of methoxy groups -OCH3 is 5. The van der Waals surface area contributed by atoms with Crippen LogP contribution in [0.1, 0.15) is 67.7 Å². The van der Waals surface area contributed by atoms with Gasteiger partial charge in [0.2, 0.25) is 11.7 Å². The maximum atomic E-state index is 14.3. The molecule has 0 saturated carbocycles. The topological polar surface area (TPSA) is 139 Å². The summed E-state index contributed by atoms with van der Waals surface area (Å²) in [5.41, 5.74) is 2.27. The van der Waals surface area contributed by atoms with Crippen LogP contribution in [-0.4, -0.2) is 82.6 Å². The van der Waals surface area contributed by atoms with E-state index in [9.17, 15) is 14.4 Å². The van der Waals surface area contributed by atoms with Crippen molar-refractivity contribution in [3.05, 3.63) is 71.3 Å². The number of nitrogens with zero attached hydrogens (tertiary/aromatic N) is 1. The average molecular weight is 694 g/mol. The van der Waals surface area contributed by atoms with E-state index in [1.807, 2.05) is 31.2 Å². The van der Waals surface area contributed by atoms with E-state index >= 15 is 0 Å². The standard InChI is InChI=1S/C38H47NO11/c1-7-28(26-21-33(46-4)36(48-6)34(22-26)47-5)37(42)39-18-9-8-13-29(39)38(43)50-30(25-11-10-12-27(20-25)49-23-35(40)41)16-14-24-15-17-31(44-2)32(19-24)45-3/h10-12,15,17,19-22,28-30H,7-9,13-14,16,18,23H2,1-6H3,(H,40,41). The van der Waals surface area contributed by atoms with Crippen molar-refractivity contribution in [2.24, 2.45) is 0 Å². The maximum Gasteiger partial charge on any atom is 0.341 e. The molecule has 0 aliphatic carbocycles. The number of aryl methyl sites for hydroxylation is 1. The number of carboxylic acids is 1. The summed E-state index contributed by atoms with van der Waals surface area (Å²) in [6.45, 7) is 1.82. The molecule has 1 aliphatic rings. The highest BCUT2D eigenvalue weighted by molar-refractivity contribution is 5.89. The number of esters is 1. The number of ether oxygens (including phenoxy) is 7. The van der Waals surface area contributed by atoms with Gasteiger partial charge in [-0.2, -0.15) is 0 Å². The molecule has 12 nitrogen and oxygen atoms in total. The van der Waals surface area contributed by atoms with Crippen molar-refractivity contribution in [3.8, 4) is 34.5 Å². The Morgan fingerprint density at radius 1 is 0.820 bits per heavy atom. The third-order valence-corrected chi connectivity index (χ3v) is 8.85. The predicted molar refractivity (Wildman–Crippen MR) is 185 cm³/mol. The lowest BCUT2D eigenvalue weighted by atomic mass is 9.91. The zero-order chi connectivity index (χ0) is 36.2. The van der Waals surface area contributed by atoms with Crippen LogP contribution in [0.25, 0.3) is 0 Å². The number of rotatable bonds is 17. The summed E-state index contributed by atoms with van der Waals surface area (Å²) >= 11 is 0. The summed E-state index contributed by atoms with van der Waals surface area (Å²) in [7, 11) is 7.70. The van der Waals surface area contributed by atoms with Gasteiger partial charge in [0.25, 0.3) is 0 Å². The number of amides is 1. The van der Waals surface area contributed by atoms with Crippen LogP contribution < -0.4 is 28.4 Å². The van der Waals surface area contributed by atoms with E-state index in [0.29, 0.717) is 77.9 Å². The van der Waals surface area contributed by atoms with Gasteiger partial charge in [0.15, 0.2) is 29.6 Å². The van der Waals surface area contributed by atoms with Crippen LogP contribution in [0.2, 0.25) is 0 Å². The van der Waals surface area contributed by atoms with Gasteiger partial charge in [0.05, 0.1) is 41.5 Å². The van der Waals surface area contributed by atoms with E-state index in [2.05, 4.69) is 0 Å². The monoisotopic (exact) mass is 693 g/mol. The van der Waals surface area contributed by atoms with Crippen LogP contribution in [0.3, 0.4) is 0 Å². The Balaban J connectivity index is 1.61. The first-order chi connectivity index (χ1) is 24.2. The average Bonchev–Trinajstić information content (AvgIpc) is 3.15. The van der Waals surface area contributed by atoms with Gasteiger partial charge < -0.3 is 43.2 Å². The second kappa shape index (κ2) is 18.0. The molecule has 3 aromatic rings. The number of aliphatic carboxylic acids is 1. The first-order valence-electron chi connectivity index (χ1n) is 16.6. The smallest absolute Gasteiger partial charge is 0.341 e. The highest BCUT2D eigenvalue weighted by atomic mass is 16.5. The summed E-state index contributed by atoms with van der Waals surface area (Å²) in [5, 5.41) is 9.12. The van der Waals surface area contributed by atoms with E-state index in [4.69, 9.17) is 38.3 Å². The van der Waals surface area contributed by atoms with Gasteiger partial charge >= 0.3 is 11.9 Å². The second-order valence-corrected chi connectivity index (χ2v) is 11.9. The van der Waals surface area contributed by atoms with Gasteiger partial charge in [-0.05, 0) is 91.6 Å². The molecular formula is C38H47NO11. The van der Waals surface area contributed by atoms with Crippen molar-refractivity contribution in [1.82, 2.24) is 4.90 Å².